The number of hydrogen-bond donors (Lipinski definition) is 0. The molecule has 5 nitrogen and oxygen atoms in total. The summed E-state index contributed by atoms with van der Waals surface area (Å²) in [6.45, 7) is 3.25. The quantitative estimate of drug-likeness (QED) is 0.580. The van der Waals surface area contributed by atoms with Crippen molar-refractivity contribution in [3.63, 3.8) is 0 Å². The molecule has 1 fully saturated rings. The van der Waals surface area contributed by atoms with Crippen molar-refractivity contribution in [3.8, 4) is 0 Å². The molecule has 0 N–H and O–H groups in total. The van der Waals surface area contributed by atoms with Crippen LogP contribution in [-0.4, -0.2) is 41.3 Å². The number of halogens is 1. The number of hydrogen-bond acceptors (Lipinski definition) is 5. The first-order valence-electron chi connectivity index (χ1n) is 5.45. The summed E-state index contributed by atoms with van der Waals surface area (Å²) < 4.78 is 6.09. The van der Waals surface area contributed by atoms with Gasteiger partial charge < -0.3 is 9.64 Å². The maximum absolute atomic E-state index is 5.36. The molecule has 0 radical (unpaired) electrons. The molecule has 3 heterocycles. The van der Waals surface area contributed by atoms with E-state index in [-0.39, 0.29) is 0 Å². The number of nitrogens with zero attached hydrogens (tertiary/aromatic N) is 4. The van der Waals surface area contributed by atoms with Gasteiger partial charge in [0, 0.05) is 41.9 Å². The zero-order valence-electron chi connectivity index (χ0n) is 9.14. The molecule has 6 heteroatoms. The third-order valence-corrected chi connectivity index (χ3v) is 3.22. The summed E-state index contributed by atoms with van der Waals surface area (Å²) in [5.74, 6) is 0.968. The molecular formula is C11H11IN4O. The van der Waals surface area contributed by atoms with E-state index in [1.807, 2.05) is 12.1 Å². The van der Waals surface area contributed by atoms with Crippen LogP contribution in [0.25, 0.3) is 11.0 Å². The Hall–Kier alpha value is -1.02. The van der Waals surface area contributed by atoms with E-state index in [0.717, 1.165) is 47.0 Å². The van der Waals surface area contributed by atoms with E-state index in [4.69, 9.17) is 4.74 Å². The average molecular weight is 342 g/mol. The molecule has 1 saturated heterocycles. The van der Waals surface area contributed by atoms with Gasteiger partial charge in [-0.05, 0) is 12.1 Å². The summed E-state index contributed by atoms with van der Waals surface area (Å²) in [6.07, 6.45) is 1.76. The second kappa shape index (κ2) is 4.69. The highest BCUT2D eigenvalue weighted by Crippen LogP contribution is 2.23. The minimum Gasteiger partial charge on any atom is -0.378 e. The monoisotopic (exact) mass is 342 g/mol. The van der Waals surface area contributed by atoms with Crippen LogP contribution >= 0.6 is 22.6 Å². The summed E-state index contributed by atoms with van der Waals surface area (Å²) in [6, 6.07) is 3.94. The highest BCUT2D eigenvalue weighted by Gasteiger charge is 2.16. The maximum atomic E-state index is 5.36. The van der Waals surface area contributed by atoms with Crippen molar-refractivity contribution in [2.45, 2.75) is 0 Å². The van der Waals surface area contributed by atoms with Crippen LogP contribution in [0.4, 0.5) is 5.82 Å². The van der Waals surface area contributed by atoms with Crippen molar-refractivity contribution >= 4 is 39.4 Å². The van der Waals surface area contributed by atoms with Crippen LogP contribution in [0.15, 0.2) is 18.3 Å². The number of ether oxygens (including phenoxy) is 1. The lowest BCUT2D eigenvalue weighted by Crippen LogP contribution is -2.37. The van der Waals surface area contributed by atoms with Gasteiger partial charge in [-0.15, -0.1) is 0 Å². The number of pyridine rings is 1. The predicted octanol–water partition coefficient (Wildman–Crippen LogP) is 1.47. The van der Waals surface area contributed by atoms with Gasteiger partial charge in [0.05, 0.1) is 18.6 Å². The fraction of sp³-hybridized carbons (Fsp3) is 0.364. The van der Waals surface area contributed by atoms with E-state index in [1.165, 1.54) is 0 Å². The summed E-state index contributed by atoms with van der Waals surface area (Å²) in [7, 11) is 0. The molecule has 2 aromatic rings. The Morgan fingerprint density at radius 1 is 1.24 bits per heavy atom. The lowest BCUT2D eigenvalue weighted by molar-refractivity contribution is 0.122. The minimum absolute atomic E-state index is 0.732. The van der Waals surface area contributed by atoms with Crippen LogP contribution in [0.1, 0.15) is 0 Å². The van der Waals surface area contributed by atoms with Crippen molar-refractivity contribution in [2.24, 2.45) is 0 Å². The van der Waals surface area contributed by atoms with E-state index in [9.17, 15) is 0 Å². The van der Waals surface area contributed by atoms with Crippen LogP contribution in [0, 0.1) is 3.83 Å². The standard InChI is InChI=1S/C11H11IN4O/c12-11-14-9-8(2-1-3-13-9)10(15-11)16-4-6-17-7-5-16/h1-3H,4-7H2. The van der Waals surface area contributed by atoms with E-state index < -0.39 is 0 Å². The Morgan fingerprint density at radius 2 is 2.06 bits per heavy atom. The molecule has 0 unspecified atom stereocenters. The van der Waals surface area contributed by atoms with Crippen LogP contribution < -0.4 is 4.90 Å². The van der Waals surface area contributed by atoms with Crippen molar-refractivity contribution in [1.82, 2.24) is 15.0 Å². The van der Waals surface area contributed by atoms with Crippen molar-refractivity contribution in [3.05, 3.63) is 22.2 Å². The molecule has 2 aromatic heterocycles. The van der Waals surface area contributed by atoms with Gasteiger partial charge in [0.25, 0.3) is 0 Å². The SMILES string of the molecule is Ic1nc(N2CCOCC2)c2cccnc2n1. The summed E-state index contributed by atoms with van der Waals surface area (Å²) in [4.78, 5) is 15.4. The van der Waals surface area contributed by atoms with E-state index in [0.29, 0.717) is 0 Å². The third kappa shape index (κ3) is 2.19. The molecular weight excluding hydrogens is 331 g/mol. The van der Waals surface area contributed by atoms with Gasteiger partial charge in [0.1, 0.15) is 5.82 Å². The Labute approximate surface area is 112 Å². The molecule has 0 amide bonds. The first-order valence-corrected chi connectivity index (χ1v) is 6.53. The number of aromatic nitrogens is 3. The lowest BCUT2D eigenvalue weighted by Gasteiger charge is -2.28. The van der Waals surface area contributed by atoms with Crippen LogP contribution in [0.5, 0.6) is 0 Å². The van der Waals surface area contributed by atoms with Crippen molar-refractivity contribution in [1.29, 1.82) is 0 Å². The largest absolute Gasteiger partial charge is 0.378 e. The summed E-state index contributed by atoms with van der Waals surface area (Å²) in [5.41, 5.74) is 0.758. The Morgan fingerprint density at radius 3 is 2.88 bits per heavy atom. The van der Waals surface area contributed by atoms with Gasteiger partial charge in [0.2, 0.25) is 0 Å². The maximum Gasteiger partial charge on any atom is 0.194 e. The Bertz CT molecular complexity index is 542. The number of morpholine rings is 1. The molecule has 1 aliphatic rings. The number of anilines is 1. The van der Waals surface area contributed by atoms with Crippen LogP contribution in [0.2, 0.25) is 0 Å². The summed E-state index contributed by atoms with van der Waals surface area (Å²) in [5, 5.41) is 1.01. The second-order valence-electron chi connectivity index (χ2n) is 3.79. The first-order chi connectivity index (χ1) is 8.34. The zero-order chi connectivity index (χ0) is 11.7. The van der Waals surface area contributed by atoms with E-state index in [2.05, 4.69) is 42.4 Å². The van der Waals surface area contributed by atoms with Crippen LogP contribution in [-0.2, 0) is 4.74 Å². The molecule has 0 spiro atoms. The highest BCUT2D eigenvalue weighted by molar-refractivity contribution is 14.1. The first kappa shape index (κ1) is 11.1. The fourth-order valence-corrected chi connectivity index (χ4v) is 2.39. The smallest absolute Gasteiger partial charge is 0.194 e. The molecule has 0 aliphatic carbocycles. The normalized spacial score (nSPS) is 16.4. The van der Waals surface area contributed by atoms with E-state index in [1.54, 1.807) is 6.20 Å². The Balaban J connectivity index is 2.13. The molecule has 0 bridgehead atoms. The number of fused-ring (bicyclic) bond motifs is 1. The van der Waals surface area contributed by atoms with Crippen molar-refractivity contribution < 1.29 is 4.74 Å². The average Bonchev–Trinajstić information content (AvgIpc) is 2.39. The fourth-order valence-electron chi connectivity index (χ4n) is 1.94. The molecule has 0 atom stereocenters. The third-order valence-electron chi connectivity index (χ3n) is 2.73. The minimum atomic E-state index is 0.732. The van der Waals surface area contributed by atoms with Gasteiger partial charge in [0.15, 0.2) is 9.48 Å². The van der Waals surface area contributed by atoms with Crippen molar-refractivity contribution in [2.75, 3.05) is 31.2 Å². The molecule has 0 aromatic carbocycles. The predicted molar refractivity (Wildman–Crippen MR) is 73.1 cm³/mol. The van der Waals surface area contributed by atoms with E-state index >= 15 is 0 Å². The van der Waals surface area contributed by atoms with Gasteiger partial charge in [-0.2, -0.15) is 0 Å². The van der Waals surface area contributed by atoms with Crippen LogP contribution in [0.3, 0.4) is 0 Å². The molecule has 17 heavy (non-hydrogen) atoms. The number of rotatable bonds is 1. The van der Waals surface area contributed by atoms with Gasteiger partial charge in [-0.3, -0.25) is 0 Å². The highest BCUT2D eigenvalue weighted by atomic mass is 127. The van der Waals surface area contributed by atoms with Gasteiger partial charge in [-0.25, -0.2) is 15.0 Å². The molecule has 3 rings (SSSR count). The lowest BCUT2D eigenvalue weighted by atomic mass is 10.3. The zero-order valence-corrected chi connectivity index (χ0v) is 11.3. The van der Waals surface area contributed by atoms with Gasteiger partial charge >= 0.3 is 0 Å². The Kier molecular flexibility index (Phi) is 3.06. The second-order valence-corrected chi connectivity index (χ2v) is 4.76. The van der Waals surface area contributed by atoms with Gasteiger partial charge in [-0.1, -0.05) is 0 Å². The summed E-state index contributed by atoms with van der Waals surface area (Å²) >= 11 is 2.13. The molecule has 1 aliphatic heterocycles. The molecule has 88 valence electrons. The topological polar surface area (TPSA) is 51.1 Å². The molecule has 0 saturated carbocycles.